The van der Waals surface area contributed by atoms with Crippen molar-refractivity contribution in [1.82, 2.24) is 15.5 Å². The van der Waals surface area contributed by atoms with Crippen LogP contribution in [0.5, 0.6) is 0 Å². The zero-order chi connectivity index (χ0) is 13.7. The lowest BCUT2D eigenvalue weighted by Crippen LogP contribution is -2.48. The molecule has 1 aliphatic rings. The van der Waals surface area contributed by atoms with E-state index in [1.54, 1.807) is 0 Å². The van der Waals surface area contributed by atoms with Crippen LogP contribution in [-0.2, 0) is 4.79 Å². The van der Waals surface area contributed by atoms with Crippen LogP contribution in [0.4, 0.5) is 0 Å². The average Bonchev–Trinajstić information content (AvgIpc) is 2.69. The molecule has 1 fully saturated rings. The van der Waals surface area contributed by atoms with Gasteiger partial charge in [-0.3, -0.25) is 4.79 Å². The lowest BCUT2D eigenvalue weighted by molar-refractivity contribution is -0.123. The fourth-order valence-corrected chi connectivity index (χ4v) is 2.53. The Labute approximate surface area is 111 Å². The predicted molar refractivity (Wildman–Crippen MR) is 75.5 cm³/mol. The molecule has 2 N–H and O–H groups in total. The zero-order valence-electron chi connectivity index (χ0n) is 12.5. The van der Waals surface area contributed by atoms with Crippen LogP contribution in [0, 0.1) is 11.8 Å². The van der Waals surface area contributed by atoms with E-state index in [0.717, 1.165) is 25.9 Å². The van der Waals surface area contributed by atoms with Crippen molar-refractivity contribution in [3.05, 3.63) is 0 Å². The Balaban J connectivity index is 2.39. The van der Waals surface area contributed by atoms with Crippen molar-refractivity contribution >= 4 is 5.91 Å². The van der Waals surface area contributed by atoms with Crippen LogP contribution in [0.3, 0.4) is 0 Å². The molecule has 1 saturated heterocycles. The van der Waals surface area contributed by atoms with Gasteiger partial charge in [-0.25, -0.2) is 0 Å². The van der Waals surface area contributed by atoms with Crippen LogP contribution < -0.4 is 10.6 Å². The van der Waals surface area contributed by atoms with Gasteiger partial charge in [0.2, 0.25) is 5.91 Å². The molecule has 0 aromatic carbocycles. The molecular formula is C14H29N3O. The van der Waals surface area contributed by atoms with Crippen LogP contribution in [0.1, 0.15) is 33.6 Å². The molecule has 0 aliphatic carbocycles. The van der Waals surface area contributed by atoms with Crippen molar-refractivity contribution in [2.24, 2.45) is 11.8 Å². The molecular weight excluding hydrogens is 226 g/mol. The van der Waals surface area contributed by atoms with Gasteiger partial charge in [0.15, 0.2) is 0 Å². The van der Waals surface area contributed by atoms with E-state index in [-0.39, 0.29) is 11.9 Å². The molecule has 0 aromatic heterocycles. The van der Waals surface area contributed by atoms with E-state index in [1.807, 2.05) is 0 Å². The number of rotatable bonds is 6. The van der Waals surface area contributed by atoms with Gasteiger partial charge in [-0.2, -0.15) is 0 Å². The largest absolute Gasteiger partial charge is 0.353 e. The third kappa shape index (κ3) is 4.58. The molecule has 18 heavy (non-hydrogen) atoms. The molecule has 0 spiro atoms. The maximum absolute atomic E-state index is 12.1. The second kappa shape index (κ2) is 7.10. The molecule has 1 heterocycles. The Hall–Kier alpha value is -0.610. The minimum absolute atomic E-state index is 0.00635. The molecule has 4 heteroatoms. The maximum atomic E-state index is 12.1. The van der Waals surface area contributed by atoms with Crippen LogP contribution in [0.25, 0.3) is 0 Å². The summed E-state index contributed by atoms with van der Waals surface area (Å²) in [6.45, 7) is 8.29. The summed E-state index contributed by atoms with van der Waals surface area (Å²) in [4.78, 5) is 14.3. The number of likely N-dealkylation sites (N-methyl/N-ethyl adjacent to an activating group) is 1. The van der Waals surface area contributed by atoms with E-state index >= 15 is 0 Å². The molecule has 0 aromatic rings. The summed E-state index contributed by atoms with van der Waals surface area (Å²) in [6, 6.07) is 0.428. The van der Waals surface area contributed by atoms with Crippen LogP contribution in [0.15, 0.2) is 0 Å². The number of amides is 1. The van der Waals surface area contributed by atoms with Crippen molar-refractivity contribution in [3.63, 3.8) is 0 Å². The van der Waals surface area contributed by atoms with Crippen molar-refractivity contribution in [1.29, 1.82) is 0 Å². The molecule has 3 atom stereocenters. The van der Waals surface area contributed by atoms with Crippen LogP contribution in [-0.4, -0.2) is 50.1 Å². The van der Waals surface area contributed by atoms with Gasteiger partial charge in [0.25, 0.3) is 0 Å². The van der Waals surface area contributed by atoms with E-state index in [2.05, 4.69) is 50.4 Å². The smallest absolute Gasteiger partial charge is 0.237 e. The summed E-state index contributed by atoms with van der Waals surface area (Å²) < 4.78 is 0. The fourth-order valence-electron chi connectivity index (χ4n) is 2.53. The fraction of sp³-hybridized carbons (Fsp3) is 0.929. The summed E-state index contributed by atoms with van der Waals surface area (Å²) in [5.41, 5.74) is 0. The highest BCUT2D eigenvalue weighted by Gasteiger charge is 2.29. The first-order valence-electron chi connectivity index (χ1n) is 7.09. The molecule has 1 amide bonds. The normalized spacial score (nSPS) is 25.7. The highest BCUT2D eigenvalue weighted by Crippen LogP contribution is 2.14. The second-order valence-corrected chi connectivity index (χ2v) is 6.19. The third-order valence-electron chi connectivity index (χ3n) is 3.80. The Kier molecular flexibility index (Phi) is 6.09. The maximum Gasteiger partial charge on any atom is 0.237 e. The number of nitrogens with zero attached hydrogens (tertiary/aromatic N) is 1. The van der Waals surface area contributed by atoms with Gasteiger partial charge in [0.1, 0.15) is 0 Å². The molecule has 1 rings (SSSR count). The number of carbonyl (C=O) groups excluding carboxylic acids is 1. The lowest BCUT2D eigenvalue weighted by atomic mass is 10.0. The van der Waals surface area contributed by atoms with Gasteiger partial charge >= 0.3 is 0 Å². The van der Waals surface area contributed by atoms with Gasteiger partial charge in [-0.05, 0) is 45.3 Å². The SMILES string of the molecule is CC(C)CC(CNC(=O)C1NCCC1C)N(C)C. The quantitative estimate of drug-likeness (QED) is 0.746. The van der Waals surface area contributed by atoms with E-state index in [0.29, 0.717) is 17.9 Å². The summed E-state index contributed by atoms with van der Waals surface area (Å²) in [5.74, 6) is 1.27. The van der Waals surface area contributed by atoms with E-state index < -0.39 is 0 Å². The number of hydrogen-bond donors (Lipinski definition) is 2. The minimum atomic E-state index is 0.00635. The van der Waals surface area contributed by atoms with Crippen molar-refractivity contribution < 1.29 is 4.79 Å². The highest BCUT2D eigenvalue weighted by atomic mass is 16.2. The van der Waals surface area contributed by atoms with Crippen molar-refractivity contribution in [3.8, 4) is 0 Å². The number of nitrogens with one attached hydrogen (secondary N) is 2. The Morgan fingerprint density at radius 3 is 2.56 bits per heavy atom. The van der Waals surface area contributed by atoms with Crippen LogP contribution in [0.2, 0.25) is 0 Å². The molecule has 0 bridgehead atoms. The van der Waals surface area contributed by atoms with E-state index in [1.165, 1.54) is 0 Å². The van der Waals surface area contributed by atoms with Gasteiger partial charge in [-0.1, -0.05) is 20.8 Å². The molecule has 0 saturated carbocycles. The minimum Gasteiger partial charge on any atom is -0.353 e. The second-order valence-electron chi connectivity index (χ2n) is 6.19. The first kappa shape index (κ1) is 15.4. The standard InChI is InChI=1S/C14H29N3O/c1-10(2)8-12(17(4)5)9-16-14(18)13-11(3)6-7-15-13/h10-13,15H,6-9H2,1-5H3,(H,16,18). The third-order valence-corrected chi connectivity index (χ3v) is 3.80. The van der Waals surface area contributed by atoms with Gasteiger partial charge in [0.05, 0.1) is 6.04 Å². The molecule has 106 valence electrons. The average molecular weight is 255 g/mol. The van der Waals surface area contributed by atoms with Gasteiger partial charge in [0, 0.05) is 12.6 Å². The number of carbonyl (C=O) groups is 1. The zero-order valence-corrected chi connectivity index (χ0v) is 12.5. The van der Waals surface area contributed by atoms with E-state index in [4.69, 9.17) is 0 Å². The molecule has 3 unspecified atom stereocenters. The van der Waals surface area contributed by atoms with Crippen molar-refractivity contribution in [2.75, 3.05) is 27.2 Å². The first-order valence-corrected chi connectivity index (χ1v) is 7.09. The van der Waals surface area contributed by atoms with Crippen molar-refractivity contribution in [2.45, 2.75) is 45.7 Å². The topological polar surface area (TPSA) is 44.4 Å². The first-order chi connectivity index (χ1) is 8.41. The molecule has 0 radical (unpaired) electrons. The van der Waals surface area contributed by atoms with Gasteiger partial charge < -0.3 is 15.5 Å². The molecule has 1 aliphatic heterocycles. The highest BCUT2D eigenvalue weighted by molar-refractivity contribution is 5.82. The Morgan fingerprint density at radius 1 is 1.44 bits per heavy atom. The van der Waals surface area contributed by atoms with Gasteiger partial charge in [-0.15, -0.1) is 0 Å². The van der Waals surface area contributed by atoms with E-state index in [9.17, 15) is 4.79 Å². The number of hydrogen-bond acceptors (Lipinski definition) is 3. The Bertz CT molecular complexity index is 266. The summed E-state index contributed by atoms with van der Waals surface area (Å²) in [5, 5.41) is 6.37. The summed E-state index contributed by atoms with van der Waals surface area (Å²) in [6.07, 6.45) is 2.21. The summed E-state index contributed by atoms with van der Waals surface area (Å²) >= 11 is 0. The lowest BCUT2D eigenvalue weighted by Gasteiger charge is -2.27. The Morgan fingerprint density at radius 2 is 2.11 bits per heavy atom. The molecule has 4 nitrogen and oxygen atoms in total. The van der Waals surface area contributed by atoms with Crippen LogP contribution >= 0.6 is 0 Å². The summed E-state index contributed by atoms with van der Waals surface area (Å²) in [7, 11) is 4.16. The predicted octanol–water partition coefficient (Wildman–Crippen LogP) is 1.08. The monoisotopic (exact) mass is 255 g/mol.